The number of benzene rings is 2. The Labute approximate surface area is 274 Å². The van der Waals surface area contributed by atoms with Gasteiger partial charge in [-0.15, -0.1) is 0 Å². The molecule has 264 valence electrons. The van der Waals surface area contributed by atoms with Crippen molar-refractivity contribution in [3.63, 3.8) is 0 Å². The van der Waals surface area contributed by atoms with Gasteiger partial charge >= 0.3 is 24.5 Å². The van der Waals surface area contributed by atoms with E-state index in [1.165, 1.54) is 41.1 Å². The maximum Gasteiger partial charge on any atom is 0.416 e. The number of urea groups is 1. The van der Waals surface area contributed by atoms with Crippen LogP contribution in [-0.2, 0) is 21.9 Å². The highest BCUT2D eigenvalue weighted by atomic mass is 19.4. The zero-order valence-electron chi connectivity index (χ0n) is 27.3. The van der Waals surface area contributed by atoms with Gasteiger partial charge in [0.2, 0.25) is 5.91 Å². The molecule has 2 aromatic rings. The lowest BCUT2D eigenvalue weighted by molar-refractivity contribution is -0.143. The summed E-state index contributed by atoms with van der Waals surface area (Å²) < 4.78 is 101. The lowest BCUT2D eigenvalue weighted by Gasteiger charge is -2.45. The van der Waals surface area contributed by atoms with Crippen LogP contribution in [0.1, 0.15) is 69.1 Å². The number of likely N-dealkylation sites (N-methyl/N-ethyl adjacent to an activating group) is 1. The molecule has 0 bridgehead atoms. The molecule has 0 radical (unpaired) electrons. The van der Waals surface area contributed by atoms with E-state index in [1.54, 1.807) is 25.7 Å². The minimum absolute atomic E-state index is 0.0148. The second kappa shape index (κ2) is 13.8. The van der Waals surface area contributed by atoms with Crippen molar-refractivity contribution >= 4 is 23.7 Å². The number of piperidine rings is 2. The second-order valence-electron chi connectivity index (χ2n) is 13.2. The molecule has 15 heteroatoms. The van der Waals surface area contributed by atoms with Crippen molar-refractivity contribution < 1.29 is 49.9 Å². The first-order chi connectivity index (χ1) is 22.2. The zero-order chi connectivity index (χ0) is 35.8. The van der Waals surface area contributed by atoms with Gasteiger partial charge in [0.25, 0.3) is 0 Å². The third kappa shape index (κ3) is 8.51. The molecule has 2 heterocycles. The minimum atomic E-state index is -5.10. The van der Waals surface area contributed by atoms with Gasteiger partial charge < -0.3 is 14.5 Å². The summed E-state index contributed by atoms with van der Waals surface area (Å²) in [5, 5.41) is 0. The molecule has 48 heavy (non-hydrogen) atoms. The van der Waals surface area contributed by atoms with E-state index in [2.05, 4.69) is 0 Å². The van der Waals surface area contributed by atoms with Gasteiger partial charge in [-0.3, -0.25) is 14.6 Å². The molecule has 2 saturated heterocycles. The number of carbonyl (C=O) groups excluding carboxylic acids is 3. The van der Waals surface area contributed by atoms with Crippen LogP contribution in [0.4, 0.5) is 46.0 Å². The number of rotatable bonds is 4. The normalized spacial score (nSPS) is 20.7. The fourth-order valence-corrected chi connectivity index (χ4v) is 6.20. The lowest BCUT2D eigenvalue weighted by atomic mass is 9.84. The molecule has 0 aromatic heterocycles. The van der Waals surface area contributed by atoms with Crippen LogP contribution in [0.3, 0.4) is 0 Å². The van der Waals surface area contributed by atoms with E-state index in [1.807, 2.05) is 0 Å². The summed E-state index contributed by atoms with van der Waals surface area (Å²) in [6.45, 7) is 5.70. The SMILES string of the molecule is CN(C(=O)N(C)[C@@H]1CCN(C(=O)[C@H]2CCCCN2C(=O)OC(C)(C)C)C[C@H]1c1ccc(F)cc1)c1cc(C(F)(F)F)cc(C(F)(F)F)c1. The number of alkyl halides is 6. The van der Waals surface area contributed by atoms with Crippen LogP contribution in [0, 0.1) is 5.82 Å². The predicted molar refractivity (Wildman–Crippen MR) is 163 cm³/mol. The molecule has 3 atom stereocenters. The van der Waals surface area contributed by atoms with Crippen molar-refractivity contribution in [2.24, 2.45) is 0 Å². The van der Waals surface area contributed by atoms with Crippen LogP contribution >= 0.6 is 0 Å². The first-order valence-electron chi connectivity index (χ1n) is 15.5. The molecular weight excluding hydrogens is 649 g/mol. The summed E-state index contributed by atoms with van der Waals surface area (Å²) in [5.41, 5.74) is -3.95. The van der Waals surface area contributed by atoms with Gasteiger partial charge in [0.05, 0.1) is 11.1 Å². The van der Waals surface area contributed by atoms with Crippen molar-refractivity contribution in [1.29, 1.82) is 0 Å². The van der Waals surface area contributed by atoms with Gasteiger partial charge in [0, 0.05) is 51.4 Å². The van der Waals surface area contributed by atoms with E-state index in [4.69, 9.17) is 4.74 Å². The molecule has 0 saturated carbocycles. The number of amides is 4. The van der Waals surface area contributed by atoms with Crippen LogP contribution in [0.2, 0.25) is 0 Å². The smallest absolute Gasteiger partial charge is 0.416 e. The van der Waals surface area contributed by atoms with Crippen LogP contribution in [0.25, 0.3) is 0 Å². The molecule has 0 unspecified atom stereocenters. The molecule has 2 aromatic carbocycles. The van der Waals surface area contributed by atoms with Crippen LogP contribution in [0.5, 0.6) is 0 Å². The molecule has 2 aliphatic heterocycles. The molecule has 4 amide bonds. The molecule has 0 N–H and O–H groups in total. The number of nitrogens with zero attached hydrogens (tertiary/aromatic N) is 4. The van der Waals surface area contributed by atoms with Crippen LogP contribution in [0.15, 0.2) is 42.5 Å². The Morgan fingerprint density at radius 3 is 1.96 bits per heavy atom. The minimum Gasteiger partial charge on any atom is -0.444 e. The highest BCUT2D eigenvalue weighted by Crippen LogP contribution is 2.39. The van der Waals surface area contributed by atoms with Gasteiger partial charge in [-0.25, -0.2) is 14.0 Å². The first kappa shape index (κ1) is 36.8. The largest absolute Gasteiger partial charge is 0.444 e. The molecule has 8 nitrogen and oxygen atoms in total. The Morgan fingerprint density at radius 2 is 1.42 bits per heavy atom. The number of ether oxygens (including phenoxy) is 1. The van der Waals surface area contributed by atoms with Gasteiger partial charge in [0.1, 0.15) is 17.5 Å². The van der Waals surface area contributed by atoms with Gasteiger partial charge in [-0.1, -0.05) is 12.1 Å². The van der Waals surface area contributed by atoms with Crippen molar-refractivity contribution in [3.8, 4) is 0 Å². The van der Waals surface area contributed by atoms with E-state index in [9.17, 15) is 45.1 Å². The molecule has 2 aliphatic rings. The lowest BCUT2D eigenvalue weighted by Crippen LogP contribution is -2.58. The fraction of sp³-hybridized carbons (Fsp3) is 0.545. The van der Waals surface area contributed by atoms with E-state index in [0.29, 0.717) is 48.4 Å². The van der Waals surface area contributed by atoms with Gasteiger partial charge in [0.15, 0.2) is 0 Å². The average molecular weight is 689 g/mol. The first-order valence-corrected chi connectivity index (χ1v) is 15.5. The molecule has 0 spiro atoms. The number of hydrogen-bond acceptors (Lipinski definition) is 4. The highest BCUT2D eigenvalue weighted by molar-refractivity contribution is 5.92. The number of hydrogen-bond donors (Lipinski definition) is 0. The Hall–Kier alpha value is -4.04. The van der Waals surface area contributed by atoms with E-state index in [0.717, 1.165) is 7.05 Å². The number of anilines is 1. The van der Waals surface area contributed by atoms with E-state index in [-0.39, 0.29) is 31.5 Å². The van der Waals surface area contributed by atoms with Gasteiger partial charge in [-0.2, -0.15) is 26.3 Å². The second-order valence-corrected chi connectivity index (χ2v) is 13.2. The summed E-state index contributed by atoms with van der Waals surface area (Å²) in [6, 6.07) is 4.01. The number of carbonyl (C=O) groups is 3. The topological polar surface area (TPSA) is 73.4 Å². The Bertz CT molecular complexity index is 1460. The molecule has 4 rings (SSSR count). The summed E-state index contributed by atoms with van der Waals surface area (Å²) in [5.74, 6) is -1.46. The quantitative estimate of drug-likeness (QED) is 0.312. The Kier molecular flexibility index (Phi) is 10.6. The van der Waals surface area contributed by atoms with Crippen molar-refractivity contribution in [3.05, 3.63) is 65.0 Å². The van der Waals surface area contributed by atoms with Crippen molar-refractivity contribution in [2.45, 2.75) is 82.4 Å². The number of likely N-dealkylation sites (tertiary alicyclic amines) is 2. The molecular formula is C33H39F7N4O4. The summed E-state index contributed by atoms with van der Waals surface area (Å²) in [7, 11) is 2.45. The van der Waals surface area contributed by atoms with Crippen LogP contribution in [-0.4, -0.2) is 84.1 Å². The number of halogens is 7. The molecule has 2 fully saturated rings. The monoisotopic (exact) mass is 688 g/mol. The standard InChI is InChI=1S/C33H39F7N4O4/c1-31(2,3)48-30(47)44-14-7-6-8-27(44)28(45)43-15-13-26(25(19-43)20-9-11-23(34)12-10-20)42(5)29(46)41(4)24-17-21(32(35,36)37)16-22(18-24)33(38,39)40/h9-12,16-18,25-27H,6-8,13-15,19H2,1-5H3/t25-,26+,27+/m0/s1. The highest BCUT2D eigenvalue weighted by Gasteiger charge is 2.43. The van der Waals surface area contributed by atoms with E-state index >= 15 is 0 Å². The maximum atomic E-state index is 13.9. The van der Waals surface area contributed by atoms with Gasteiger partial charge in [-0.05, 0) is 82.3 Å². The Morgan fingerprint density at radius 1 is 0.833 bits per heavy atom. The fourth-order valence-electron chi connectivity index (χ4n) is 6.20. The third-order valence-corrected chi connectivity index (χ3v) is 8.65. The zero-order valence-corrected chi connectivity index (χ0v) is 27.3. The van der Waals surface area contributed by atoms with Crippen molar-refractivity contribution in [2.75, 3.05) is 38.6 Å². The Balaban J connectivity index is 1.62. The summed E-state index contributed by atoms with van der Waals surface area (Å²) in [4.78, 5) is 45.5. The summed E-state index contributed by atoms with van der Waals surface area (Å²) >= 11 is 0. The third-order valence-electron chi connectivity index (χ3n) is 8.65. The van der Waals surface area contributed by atoms with Crippen molar-refractivity contribution in [1.82, 2.24) is 14.7 Å². The summed E-state index contributed by atoms with van der Waals surface area (Å²) in [6.07, 6.45) is -8.81. The predicted octanol–water partition coefficient (Wildman–Crippen LogP) is 7.53. The molecule has 0 aliphatic carbocycles. The average Bonchev–Trinajstić information content (AvgIpc) is 3.01. The van der Waals surface area contributed by atoms with Crippen LogP contribution < -0.4 is 4.90 Å². The van der Waals surface area contributed by atoms with E-state index < -0.39 is 70.7 Å². The maximum absolute atomic E-state index is 13.9.